The summed E-state index contributed by atoms with van der Waals surface area (Å²) >= 11 is 3.38. The molecule has 112 valence electrons. The van der Waals surface area contributed by atoms with Crippen LogP contribution in [0.3, 0.4) is 0 Å². The molecule has 1 unspecified atom stereocenters. The first-order valence-corrected chi connectivity index (χ1v) is 7.67. The van der Waals surface area contributed by atoms with Crippen LogP contribution in [0.2, 0.25) is 0 Å². The smallest absolute Gasteiger partial charge is 0.133 e. The second-order valence-electron chi connectivity index (χ2n) is 5.19. The first kappa shape index (κ1) is 16.0. The number of aryl methyl sites for hydroxylation is 1. The summed E-state index contributed by atoms with van der Waals surface area (Å²) in [6.07, 6.45) is 0.0854. The van der Waals surface area contributed by atoms with E-state index in [9.17, 15) is 8.78 Å². The molecule has 2 aromatic rings. The number of halogens is 3. The van der Waals surface area contributed by atoms with Crippen molar-refractivity contribution in [3.05, 3.63) is 64.7 Å². The monoisotopic (exact) mass is 354 g/mol. The van der Waals surface area contributed by atoms with Crippen molar-refractivity contribution < 1.29 is 13.5 Å². The van der Waals surface area contributed by atoms with Gasteiger partial charge >= 0.3 is 0 Å². The molecular formula is C17H17BrF2O. The lowest BCUT2D eigenvalue weighted by molar-refractivity contribution is 0.242. The van der Waals surface area contributed by atoms with E-state index >= 15 is 0 Å². The summed E-state index contributed by atoms with van der Waals surface area (Å²) in [6, 6.07) is 9.94. The highest BCUT2D eigenvalue weighted by Crippen LogP contribution is 2.35. The Morgan fingerprint density at radius 1 is 1.00 bits per heavy atom. The summed E-state index contributed by atoms with van der Waals surface area (Å²) in [5.74, 6) is -0.333. The Hall–Kier alpha value is -1.42. The van der Waals surface area contributed by atoms with Crippen LogP contribution in [-0.4, -0.2) is 6.10 Å². The maximum Gasteiger partial charge on any atom is 0.133 e. The van der Waals surface area contributed by atoms with Crippen molar-refractivity contribution in [2.75, 3.05) is 0 Å². The molecule has 0 aliphatic rings. The lowest BCUT2D eigenvalue weighted by Crippen LogP contribution is -2.06. The van der Waals surface area contributed by atoms with Gasteiger partial charge in [0.1, 0.15) is 17.4 Å². The van der Waals surface area contributed by atoms with Crippen molar-refractivity contribution >= 4 is 15.9 Å². The first-order valence-electron chi connectivity index (χ1n) is 6.75. The number of alkyl halides is 1. The van der Waals surface area contributed by atoms with Gasteiger partial charge in [0.25, 0.3) is 0 Å². The van der Waals surface area contributed by atoms with Crippen LogP contribution in [0, 0.1) is 18.6 Å². The predicted molar refractivity (Wildman–Crippen MR) is 84.1 cm³/mol. The minimum atomic E-state index is -0.553. The quantitative estimate of drug-likeness (QED) is 0.654. The Bertz CT molecular complexity index is 623. The van der Waals surface area contributed by atoms with E-state index in [1.807, 2.05) is 13.8 Å². The summed E-state index contributed by atoms with van der Waals surface area (Å²) in [4.78, 5) is -0.537. The maximum atomic E-state index is 14.2. The molecule has 0 spiro atoms. The minimum Gasteiger partial charge on any atom is -0.491 e. The first-order chi connectivity index (χ1) is 9.90. The van der Waals surface area contributed by atoms with Crippen molar-refractivity contribution in [1.29, 1.82) is 0 Å². The third-order valence-electron chi connectivity index (χ3n) is 3.12. The van der Waals surface area contributed by atoms with Crippen molar-refractivity contribution in [2.24, 2.45) is 0 Å². The molecule has 0 aliphatic heterocycles. The highest BCUT2D eigenvalue weighted by Gasteiger charge is 2.20. The summed E-state index contributed by atoms with van der Waals surface area (Å²) in [5.41, 5.74) is 1.23. The summed E-state index contributed by atoms with van der Waals surface area (Å²) in [5, 5.41) is 0. The lowest BCUT2D eigenvalue weighted by Gasteiger charge is -2.15. The zero-order valence-corrected chi connectivity index (χ0v) is 13.7. The topological polar surface area (TPSA) is 9.23 Å². The average molecular weight is 355 g/mol. The number of benzene rings is 2. The Labute approximate surface area is 132 Å². The van der Waals surface area contributed by atoms with Gasteiger partial charge in [-0.25, -0.2) is 8.78 Å². The van der Waals surface area contributed by atoms with E-state index < -0.39 is 16.5 Å². The van der Waals surface area contributed by atoms with Crippen LogP contribution in [0.1, 0.15) is 35.4 Å². The van der Waals surface area contributed by atoms with Crippen molar-refractivity contribution in [3.8, 4) is 5.75 Å². The number of ether oxygens (including phenoxy) is 1. The molecule has 2 aromatic carbocycles. The van der Waals surface area contributed by atoms with E-state index in [2.05, 4.69) is 15.9 Å². The van der Waals surface area contributed by atoms with Gasteiger partial charge in [0.2, 0.25) is 0 Å². The van der Waals surface area contributed by atoms with Gasteiger partial charge in [-0.05, 0) is 50.1 Å². The van der Waals surface area contributed by atoms with E-state index in [0.717, 1.165) is 11.3 Å². The Morgan fingerprint density at radius 2 is 1.62 bits per heavy atom. The molecule has 0 saturated heterocycles. The lowest BCUT2D eigenvalue weighted by atomic mass is 10.0. The number of rotatable bonds is 4. The van der Waals surface area contributed by atoms with Crippen LogP contribution in [0.15, 0.2) is 36.4 Å². The van der Waals surface area contributed by atoms with Crippen LogP contribution < -0.4 is 4.74 Å². The molecule has 0 heterocycles. The molecule has 2 rings (SSSR count). The van der Waals surface area contributed by atoms with E-state index in [1.54, 1.807) is 31.2 Å². The van der Waals surface area contributed by atoms with Crippen molar-refractivity contribution in [3.63, 3.8) is 0 Å². The van der Waals surface area contributed by atoms with Crippen molar-refractivity contribution in [2.45, 2.75) is 31.7 Å². The average Bonchev–Trinajstić information content (AvgIpc) is 2.43. The standard InChI is InChI=1S/C17H17BrF2O/c1-10(2)21-13-7-5-12(6-8-13)16(18)15-14(19)9-4-11(3)17(15)20/h4-10,16H,1-3H3. The van der Waals surface area contributed by atoms with E-state index in [1.165, 1.54) is 12.1 Å². The maximum absolute atomic E-state index is 14.2. The van der Waals surface area contributed by atoms with E-state index in [-0.39, 0.29) is 11.7 Å². The Morgan fingerprint density at radius 3 is 2.19 bits per heavy atom. The second-order valence-corrected chi connectivity index (χ2v) is 6.11. The van der Waals surface area contributed by atoms with Crippen molar-refractivity contribution in [1.82, 2.24) is 0 Å². The van der Waals surface area contributed by atoms with Gasteiger partial charge in [0, 0.05) is 5.56 Å². The van der Waals surface area contributed by atoms with E-state index in [0.29, 0.717) is 5.56 Å². The highest BCUT2D eigenvalue weighted by atomic mass is 79.9. The highest BCUT2D eigenvalue weighted by molar-refractivity contribution is 9.09. The summed E-state index contributed by atoms with van der Waals surface area (Å²) < 4.78 is 33.6. The van der Waals surface area contributed by atoms with Gasteiger partial charge in [0.15, 0.2) is 0 Å². The van der Waals surface area contributed by atoms with Gasteiger partial charge in [-0.1, -0.05) is 34.1 Å². The fourth-order valence-corrected chi connectivity index (χ4v) is 2.79. The third-order valence-corrected chi connectivity index (χ3v) is 4.10. The van der Waals surface area contributed by atoms with Gasteiger partial charge in [-0.15, -0.1) is 0 Å². The van der Waals surface area contributed by atoms with Gasteiger partial charge in [0.05, 0.1) is 10.9 Å². The molecule has 0 saturated carbocycles. The van der Waals surface area contributed by atoms with Crippen LogP contribution in [0.5, 0.6) is 5.75 Å². The largest absolute Gasteiger partial charge is 0.491 e. The molecule has 0 aromatic heterocycles. The Kier molecular flexibility index (Phi) is 4.99. The normalized spacial score (nSPS) is 12.5. The molecule has 0 aliphatic carbocycles. The summed E-state index contributed by atoms with van der Waals surface area (Å²) in [6.45, 7) is 5.51. The molecule has 1 nitrogen and oxygen atoms in total. The van der Waals surface area contributed by atoms with Crippen LogP contribution in [-0.2, 0) is 0 Å². The molecule has 0 fully saturated rings. The van der Waals surface area contributed by atoms with Gasteiger partial charge < -0.3 is 4.74 Å². The molecule has 4 heteroatoms. The molecule has 1 atom stereocenters. The van der Waals surface area contributed by atoms with Crippen LogP contribution in [0.4, 0.5) is 8.78 Å². The minimum absolute atomic E-state index is 0.0347. The number of hydrogen-bond acceptors (Lipinski definition) is 1. The molecule has 21 heavy (non-hydrogen) atoms. The zero-order valence-electron chi connectivity index (χ0n) is 12.2. The SMILES string of the molecule is Cc1ccc(F)c(C(Br)c2ccc(OC(C)C)cc2)c1F. The molecular weight excluding hydrogens is 338 g/mol. The predicted octanol–water partition coefficient (Wildman–Crippen LogP) is 5.54. The molecule has 0 amide bonds. The van der Waals surface area contributed by atoms with Gasteiger partial charge in [-0.2, -0.15) is 0 Å². The van der Waals surface area contributed by atoms with Crippen LogP contribution in [0.25, 0.3) is 0 Å². The fourth-order valence-electron chi connectivity index (χ4n) is 2.06. The molecule has 0 N–H and O–H groups in total. The fraction of sp³-hybridized carbons (Fsp3) is 0.294. The zero-order chi connectivity index (χ0) is 15.6. The molecule has 0 radical (unpaired) electrons. The number of hydrogen-bond donors (Lipinski definition) is 0. The third kappa shape index (κ3) is 3.62. The van der Waals surface area contributed by atoms with Gasteiger partial charge in [-0.3, -0.25) is 0 Å². The second kappa shape index (κ2) is 6.56. The molecule has 0 bridgehead atoms. The van der Waals surface area contributed by atoms with E-state index in [4.69, 9.17) is 4.74 Å². The van der Waals surface area contributed by atoms with Crippen LogP contribution >= 0.6 is 15.9 Å². The summed E-state index contributed by atoms with van der Waals surface area (Å²) in [7, 11) is 0. The Balaban J connectivity index is 2.32.